The zero-order chi connectivity index (χ0) is 13.9. The second-order valence-corrected chi connectivity index (χ2v) is 5.33. The summed E-state index contributed by atoms with van der Waals surface area (Å²) in [5.74, 6) is -0.0255. The quantitative estimate of drug-likeness (QED) is 0.772. The van der Waals surface area contributed by atoms with Gasteiger partial charge in [-0.2, -0.15) is 0 Å². The Bertz CT molecular complexity index is 460. The molecule has 0 saturated carbocycles. The molecule has 19 heavy (non-hydrogen) atoms. The van der Waals surface area contributed by atoms with Crippen LogP contribution in [0.1, 0.15) is 25.3 Å². The molecule has 4 nitrogen and oxygen atoms in total. The van der Waals surface area contributed by atoms with Gasteiger partial charge in [0.1, 0.15) is 5.54 Å². The Kier molecular flexibility index (Phi) is 4.10. The number of carbonyl (C=O) groups excluding carboxylic acids is 1. The van der Waals surface area contributed by atoms with E-state index in [1.54, 1.807) is 0 Å². The van der Waals surface area contributed by atoms with Crippen molar-refractivity contribution in [2.24, 2.45) is 11.7 Å². The van der Waals surface area contributed by atoms with Crippen LogP contribution in [0.15, 0.2) is 24.3 Å². The number of hydrogen-bond donors (Lipinski definition) is 3. The average molecular weight is 261 g/mol. The van der Waals surface area contributed by atoms with Gasteiger partial charge in [-0.1, -0.05) is 25.1 Å². The topological polar surface area (TPSA) is 67.2 Å². The van der Waals surface area contributed by atoms with Gasteiger partial charge in [-0.05, 0) is 37.9 Å². The molecule has 1 saturated heterocycles. The summed E-state index contributed by atoms with van der Waals surface area (Å²) in [5, 5.41) is 6.80. The summed E-state index contributed by atoms with van der Waals surface area (Å²) in [6.07, 6.45) is 1.66. The minimum Gasteiger partial charge on any atom is -0.371 e. The van der Waals surface area contributed by atoms with Crippen molar-refractivity contribution in [2.75, 3.05) is 18.4 Å². The summed E-state index contributed by atoms with van der Waals surface area (Å²) < 4.78 is 0. The molecule has 1 aromatic carbocycles. The normalized spacial score (nSPS) is 26.9. The van der Waals surface area contributed by atoms with E-state index < -0.39 is 5.54 Å². The molecule has 1 amide bonds. The maximum Gasteiger partial charge on any atom is 0.243 e. The van der Waals surface area contributed by atoms with Crippen LogP contribution in [0.2, 0.25) is 0 Å². The van der Waals surface area contributed by atoms with Crippen molar-refractivity contribution in [1.82, 2.24) is 5.32 Å². The first-order valence-electron chi connectivity index (χ1n) is 6.94. The maximum absolute atomic E-state index is 12.1. The Morgan fingerprint density at radius 1 is 1.53 bits per heavy atom. The molecule has 2 unspecified atom stereocenters. The zero-order valence-corrected chi connectivity index (χ0v) is 11.7. The van der Waals surface area contributed by atoms with Crippen molar-refractivity contribution in [1.29, 1.82) is 0 Å². The molecule has 0 bridgehead atoms. The highest BCUT2D eigenvalue weighted by Crippen LogP contribution is 2.32. The van der Waals surface area contributed by atoms with Crippen molar-refractivity contribution >= 4 is 11.6 Å². The fourth-order valence-corrected chi connectivity index (χ4v) is 2.94. The van der Waals surface area contributed by atoms with Gasteiger partial charge in [0.25, 0.3) is 0 Å². The standard InChI is InChI=1S/C15H23N3O/c1-3-12-10-17-9-8-15(12,14(16)19)18-13-7-5-4-6-11(13)2/h4-7,12,17-18H,3,8-10H2,1-2H3,(H2,16,19). The SMILES string of the molecule is CCC1CNCCC1(Nc1ccccc1C)C(N)=O. The third-order valence-corrected chi connectivity index (χ3v) is 4.22. The second kappa shape index (κ2) is 5.61. The molecule has 1 aliphatic rings. The molecule has 1 aliphatic heterocycles. The van der Waals surface area contributed by atoms with E-state index in [1.165, 1.54) is 0 Å². The number of nitrogens with one attached hydrogen (secondary N) is 2. The number of benzene rings is 1. The number of primary amides is 1. The first-order valence-corrected chi connectivity index (χ1v) is 6.94. The summed E-state index contributed by atoms with van der Waals surface area (Å²) >= 11 is 0. The van der Waals surface area contributed by atoms with Gasteiger partial charge in [-0.3, -0.25) is 4.79 Å². The van der Waals surface area contributed by atoms with E-state index in [1.807, 2.05) is 31.2 Å². The number of hydrogen-bond acceptors (Lipinski definition) is 3. The van der Waals surface area contributed by atoms with E-state index in [0.29, 0.717) is 0 Å². The van der Waals surface area contributed by atoms with E-state index in [9.17, 15) is 4.79 Å². The predicted octanol–water partition coefficient (Wildman–Crippen LogP) is 1.65. The van der Waals surface area contributed by atoms with Crippen LogP contribution in [-0.4, -0.2) is 24.5 Å². The molecule has 4 N–H and O–H groups in total. The Morgan fingerprint density at radius 2 is 2.26 bits per heavy atom. The lowest BCUT2D eigenvalue weighted by atomic mass is 9.76. The molecule has 0 aromatic heterocycles. The van der Waals surface area contributed by atoms with Gasteiger partial charge in [-0.15, -0.1) is 0 Å². The summed E-state index contributed by atoms with van der Waals surface area (Å²) in [6.45, 7) is 5.80. The van der Waals surface area contributed by atoms with Gasteiger partial charge < -0.3 is 16.4 Å². The summed E-state index contributed by atoms with van der Waals surface area (Å²) in [6, 6.07) is 8.02. The van der Waals surface area contributed by atoms with E-state index in [4.69, 9.17) is 5.73 Å². The summed E-state index contributed by atoms with van der Waals surface area (Å²) in [7, 11) is 0. The summed E-state index contributed by atoms with van der Waals surface area (Å²) in [5.41, 5.74) is 7.24. The lowest BCUT2D eigenvalue weighted by molar-refractivity contribution is -0.125. The fourth-order valence-electron chi connectivity index (χ4n) is 2.94. The van der Waals surface area contributed by atoms with Gasteiger partial charge in [0.2, 0.25) is 5.91 Å². The number of anilines is 1. The molecule has 4 heteroatoms. The molecule has 0 spiro atoms. The van der Waals surface area contributed by atoms with E-state index in [-0.39, 0.29) is 11.8 Å². The van der Waals surface area contributed by atoms with Gasteiger partial charge in [-0.25, -0.2) is 0 Å². The van der Waals surface area contributed by atoms with Crippen LogP contribution >= 0.6 is 0 Å². The Hall–Kier alpha value is -1.55. The van der Waals surface area contributed by atoms with Gasteiger partial charge >= 0.3 is 0 Å². The molecule has 1 aromatic rings. The number of rotatable bonds is 4. The van der Waals surface area contributed by atoms with Crippen LogP contribution < -0.4 is 16.4 Å². The highest BCUT2D eigenvalue weighted by atomic mass is 16.1. The number of nitrogens with two attached hydrogens (primary N) is 1. The van der Waals surface area contributed by atoms with E-state index in [0.717, 1.165) is 37.2 Å². The molecule has 104 valence electrons. The van der Waals surface area contributed by atoms with Crippen molar-refractivity contribution < 1.29 is 4.79 Å². The smallest absolute Gasteiger partial charge is 0.243 e. The van der Waals surface area contributed by atoms with E-state index in [2.05, 4.69) is 17.6 Å². The Labute approximate surface area is 114 Å². The third kappa shape index (κ3) is 2.59. The lowest BCUT2D eigenvalue weighted by Gasteiger charge is -2.43. The minimum atomic E-state index is -0.633. The highest BCUT2D eigenvalue weighted by molar-refractivity contribution is 5.89. The predicted molar refractivity (Wildman–Crippen MR) is 78.0 cm³/mol. The summed E-state index contributed by atoms with van der Waals surface area (Å²) in [4.78, 5) is 12.1. The molecule has 0 radical (unpaired) electrons. The van der Waals surface area contributed by atoms with E-state index >= 15 is 0 Å². The monoisotopic (exact) mass is 261 g/mol. The number of aryl methyl sites for hydroxylation is 1. The lowest BCUT2D eigenvalue weighted by Crippen LogP contribution is -2.62. The number of carbonyl (C=O) groups is 1. The molecule has 2 atom stereocenters. The van der Waals surface area contributed by atoms with Crippen LogP contribution in [0.4, 0.5) is 5.69 Å². The molecular formula is C15H23N3O. The maximum atomic E-state index is 12.1. The van der Waals surface area contributed by atoms with Crippen molar-refractivity contribution in [2.45, 2.75) is 32.2 Å². The van der Waals surface area contributed by atoms with Crippen LogP contribution in [-0.2, 0) is 4.79 Å². The molecule has 2 rings (SSSR count). The second-order valence-electron chi connectivity index (χ2n) is 5.33. The average Bonchev–Trinajstić information content (AvgIpc) is 2.41. The first-order chi connectivity index (χ1) is 9.10. The number of para-hydroxylation sites is 1. The van der Waals surface area contributed by atoms with Crippen LogP contribution in [0.25, 0.3) is 0 Å². The zero-order valence-electron chi connectivity index (χ0n) is 11.7. The highest BCUT2D eigenvalue weighted by Gasteiger charge is 2.45. The number of piperidine rings is 1. The molecular weight excluding hydrogens is 238 g/mol. The van der Waals surface area contributed by atoms with Gasteiger partial charge in [0.05, 0.1) is 0 Å². The first kappa shape index (κ1) is 13.9. The fraction of sp³-hybridized carbons (Fsp3) is 0.533. The van der Waals surface area contributed by atoms with Crippen molar-refractivity contribution in [3.63, 3.8) is 0 Å². The Morgan fingerprint density at radius 3 is 2.89 bits per heavy atom. The van der Waals surface area contributed by atoms with Gasteiger partial charge in [0.15, 0.2) is 0 Å². The van der Waals surface area contributed by atoms with Crippen molar-refractivity contribution in [3.05, 3.63) is 29.8 Å². The molecule has 1 fully saturated rings. The third-order valence-electron chi connectivity index (χ3n) is 4.22. The largest absolute Gasteiger partial charge is 0.371 e. The van der Waals surface area contributed by atoms with Crippen LogP contribution in [0, 0.1) is 12.8 Å². The molecule has 1 heterocycles. The van der Waals surface area contributed by atoms with Crippen molar-refractivity contribution in [3.8, 4) is 0 Å². The molecule has 0 aliphatic carbocycles. The minimum absolute atomic E-state index is 0.221. The van der Waals surface area contributed by atoms with Gasteiger partial charge in [0, 0.05) is 18.2 Å². The number of amides is 1. The van der Waals surface area contributed by atoms with Crippen LogP contribution in [0.5, 0.6) is 0 Å². The van der Waals surface area contributed by atoms with Crippen LogP contribution in [0.3, 0.4) is 0 Å². The Balaban J connectivity index is 2.34.